The van der Waals surface area contributed by atoms with Gasteiger partial charge in [0.1, 0.15) is 5.75 Å². The van der Waals surface area contributed by atoms with E-state index < -0.39 is 0 Å². The molecule has 1 aromatic rings. The highest BCUT2D eigenvalue weighted by atomic mass is 16.5. The first-order valence-electron chi connectivity index (χ1n) is 7.78. The Bertz CT molecular complexity index is 405. The molecule has 2 fully saturated rings. The van der Waals surface area contributed by atoms with Crippen molar-refractivity contribution >= 4 is 0 Å². The second kappa shape index (κ2) is 5.96. The maximum atomic E-state index is 6.14. The molecule has 0 spiro atoms. The van der Waals surface area contributed by atoms with Crippen LogP contribution in [0.25, 0.3) is 0 Å². The second-order valence-electron chi connectivity index (χ2n) is 6.30. The van der Waals surface area contributed by atoms with Crippen LogP contribution in [0.15, 0.2) is 24.3 Å². The summed E-state index contributed by atoms with van der Waals surface area (Å²) in [6, 6.07) is 9.37. The molecule has 104 valence electrons. The number of benzene rings is 1. The van der Waals surface area contributed by atoms with Crippen molar-refractivity contribution in [2.45, 2.75) is 64.1 Å². The first kappa shape index (κ1) is 13.0. The Balaban J connectivity index is 1.53. The molecule has 0 aliphatic heterocycles. The number of hydrogen-bond donors (Lipinski definition) is 1. The van der Waals surface area contributed by atoms with Crippen LogP contribution in [-0.4, -0.2) is 12.1 Å². The van der Waals surface area contributed by atoms with Crippen LogP contribution in [0, 0.1) is 5.92 Å². The molecule has 1 aromatic carbocycles. The highest BCUT2D eigenvalue weighted by Crippen LogP contribution is 2.27. The Kier molecular flexibility index (Phi) is 4.07. The van der Waals surface area contributed by atoms with Gasteiger partial charge in [-0.15, -0.1) is 0 Å². The second-order valence-corrected chi connectivity index (χ2v) is 6.30. The topological polar surface area (TPSA) is 21.3 Å². The molecule has 0 aromatic heterocycles. The minimum absolute atomic E-state index is 0.433. The zero-order chi connectivity index (χ0) is 13.1. The Morgan fingerprint density at radius 2 is 1.89 bits per heavy atom. The monoisotopic (exact) mass is 259 g/mol. The lowest BCUT2D eigenvalue weighted by Gasteiger charge is -2.27. The summed E-state index contributed by atoms with van der Waals surface area (Å²) in [7, 11) is 0. The SMILES string of the molecule is CC1CCC(Oc2cccc(CNC3CC3)c2)CC1. The van der Waals surface area contributed by atoms with Gasteiger partial charge in [0.15, 0.2) is 0 Å². The zero-order valence-electron chi connectivity index (χ0n) is 11.9. The summed E-state index contributed by atoms with van der Waals surface area (Å²) < 4.78 is 6.14. The molecule has 0 heterocycles. The summed E-state index contributed by atoms with van der Waals surface area (Å²) in [5, 5.41) is 3.55. The Morgan fingerprint density at radius 3 is 2.63 bits per heavy atom. The number of hydrogen-bond acceptors (Lipinski definition) is 2. The van der Waals surface area contributed by atoms with Crippen LogP contribution in [0.4, 0.5) is 0 Å². The molecule has 0 unspecified atom stereocenters. The van der Waals surface area contributed by atoms with E-state index in [2.05, 4.69) is 36.5 Å². The maximum absolute atomic E-state index is 6.14. The molecule has 2 saturated carbocycles. The van der Waals surface area contributed by atoms with E-state index in [1.807, 2.05) is 0 Å². The van der Waals surface area contributed by atoms with Gasteiger partial charge in [0.25, 0.3) is 0 Å². The van der Waals surface area contributed by atoms with Crippen LogP contribution >= 0.6 is 0 Å². The van der Waals surface area contributed by atoms with E-state index >= 15 is 0 Å². The average molecular weight is 259 g/mol. The summed E-state index contributed by atoms with van der Waals surface area (Å²) in [5.41, 5.74) is 1.34. The molecule has 0 amide bonds. The molecule has 3 rings (SSSR count). The molecule has 2 nitrogen and oxygen atoms in total. The fourth-order valence-corrected chi connectivity index (χ4v) is 2.82. The highest BCUT2D eigenvalue weighted by Gasteiger charge is 2.21. The van der Waals surface area contributed by atoms with Gasteiger partial charge >= 0.3 is 0 Å². The molecule has 0 bridgehead atoms. The molecule has 0 saturated heterocycles. The standard InChI is InChI=1S/C17H25NO/c1-13-5-9-16(10-6-13)19-17-4-2-3-14(11-17)12-18-15-7-8-15/h2-4,11,13,15-16,18H,5-10,12H2,1H3. The molecule has 19 heavy (non-hydrogen) atoms. The predicted octanol–water partition coefficient (Wildman–Crippen LogP) is 3.90. The quantitative estimate of drug-likeness (QED) is 0.866. The van der Waals surface area contributed by atoms with Crippen molar-refractivity contribution in [2.75, 3.05) is 0 Å². The Morgan fingerprint density at radius 1 is 1.11 bits per heavy atom. The van der Waals surface area contributed by atoms with Crippen molar-refractivity contribution in [3.63, 3.8) is 0 Å². The minimum Gasteiger partial charge on any atom is -0.490 e. The van der Waals surface area contributed by atoms with Gasteiger partial charge in [0, 0.05) is 12.6 Å². The van der Waals surface area contributed by atoms with E-state index in [1.165, 1.54) is 44.1 Å². The van der Waals surface area contributed by atoms with Gasteiger partial charge < -0.3 is 10.1 Å². The van der Waals surface area contributed by atoms with E-state index in [0.717, 1.165) is 24.3 Å². The third-order valence-corrected chi connectivity index (χ3v) is 4.34. The van der Waals surface area contributed by atoms with Crippen LogP contribution in [0.3, 0.4) is 0 Å². The molecule has 0 radical (unpaired) electrons. The van der Waals surface area contributed by atoms with Crippen LogP contribution in [0.5, 0.6) is 5.75 Å². The van der Waals surface area contributed by atoms with Crippen molar-refractivity contribution < 1.29 is 4.74 Å². The van der Waals surface area contributed by atoms with E-state index in [0.29, 0.717) is 6.10 Å². The Hall–Kier alpha value is -1.02. The van der Waals surface area contributed by atoms with Crippen molar-refractivity contribution in [3.05, 3.63) is 29.8 Å². The van der Waals surface area contributed by atoms with Crippen LogP contribution < -0.4 is 10.1 Å². The first-order chi connectivity index (χ1) is 9.29. The molecular weight excluding hydrogens is 234 g/mol. The summed E-state index contributed by atoms with van der Waals surface area (Å²) in [6.07, 6.45) is 8.17. The molecule has 1 N–H and O–H groups in total. The fourth-order valence-electron chi connectivity index (χ4n) is 2.82. The van der Waals surface area contributed by atoms with Crippen molar-refractivity contribution in [1.82, 2.24) is 5.32 Å². The van der Waals surface area contributed by atoms with Crippen LogP contribution in [-0.2, 0) is 6.54 Å². The van der Waals surface area contributed by atoms with Crippen LogP contribution in [0.2, 0.25) is 0 Å². The highest BCUT2D eigenvalue weighted by molar-refractivity contribution is 5.28. The smallest absolute Gasteiger partial charge is 0.120 e. The van der Waals surface area contributed by atoms with Gasteiger partial charge in [-0.3, -0.25) is 0 Å². The molecule has 0 atom stereocenters. The van der Waals surface area contributed by atoms with E-state index in [9.17, 15) is 0 Å². The van der Waals surface area contributed by atoms with Crippen molar-refractivity contribution in [2.24, 2.45) is 5.92 Å². The summed E-state index contributed by atoms with van der Waals surface area (Å²) >= 11 is 0. The lowest BCUT2D eigenvalue weighted by atomic mass is 9.89. The van der Waals surface area contributed by atoms with Gasteiger partial charge in [-0.1, -0.05) is 19.1 Å². The van der Waals surface area contributed by atoms with E-state index in [1.54, 1.807) is 0 Å². The lowest BCUT2D eigenvalue weighted by Crippen LogP contribution is -2.23. The predicted molar refractivity (Wildman–Crippen MR) is 78.4 cm³/mol. The van der Waals surface area contributed by atoms with E-state index in [4.69, 9.17) is 4.74 Å². The minimum atomic E-state index is 0.433. The van der Waals surface area contributed by atoms with Gasteiger partial charge in [0.05, 0.1) is 6.10 Å². The fraction of sp³-hybridized carbons (Fsp3) is 0.647. The summed E-state index contributed by atoms with van der Waals surface area (Å²) in [4.78, 5) is 0. The van der Waals surface area contributed by atoms with Gasteiger partial charge in [0.2, 0.25) is 0 Å². The third kappa shape index (κ3) is 3.97. The Labute approximate surface area is 116 Å². The van der Waals surface area contributed by atoms with Crippen molar-refractivity contribution in [3.8, 4) is 5.75 Å². The van der Waals surface area contributed by atoms with Gasteiger partial charge in [-0.25, -0.2) is 0 Å². The van der Waals surface area contributed by atoms with Crippen LogP contribution in [0.1, 0.15) is 51.0 Å². The van der Waals surface area contributed by atoms with Gasteiger partial charge in [-0.05, 0) is 62.1 Å². The molecule has 2 aliphatic rings. The number of rotatable bonds is 5. The average Bonchev–Trinajstić information content (AvgIpc) is 3.24. The summed E-state index contributed by atoms with van der Waals surface area (Å²) in [5.74, 6) is 1.93. The maximum Gasteiger partial charge on any atom is 0.120 e. The molecule has 2 heteroatoms. The largest absolute Gasteiger partial charge is 0.490 e. The van der Waals surface area contributed by atoms with E-state index in [-0.39, 0.29) is 0 Å². The lowest BCUT2D eigenvalue weighted by molar-refractivity contribution is 0.135. The molecular formula is C17H25NO. The molecule has 2 aliphatic carbocycles. The number of ether oxygens (including phenoxy) is 1. The van der Waals surface area contributed by atoms with Crippen molar-refractivity contribution in [1.29, 1.82) is 0 Å². The first-order valence-corrected chi connectivity index (χ1v) is 7.78. The van der Waals surface area contributed by atoms with Gasteiger partial charge in [-0.2, -0.15) is 0 Å². The number of nitrogens with one attached hydrogen (secondary N) is 1. The summed E-state index contributed by atoms with van der Waals surface area (Å²) in [6.45, 7) is 3.32. The third-order valence-electron chi connectivity index (χ3n) is 4.34. The zero-order valence-corrected chi connectivity index (χ0v) is 11.9. The normalized spacial score (nSPS) is 27.2.